The van der Waals surface area contributed by atoms with Gasteiger partial charge in [-0.2, -0.15) is 0 Å². The van der Waals surface area contributed by atoms with Crippen molar-refractivity contribution in [2.75, 3.05) is 11.9 Å². The van der Waals surface area contributed by atoms with E-state index in [1.54, 1.807) is 0 Å². The maximum absolute atomic E-state index is 6.14. The van der Waals surface area contributed by atoms with Crippen molar-refractivity contribution in [3.05, 3.63) is 65.4 Å². The lowest BCUT2D eigenvalue weighted by molar-refractivity contribution is 0.311. The highest BCUT2D eigenvalue weighted by Gasteiger charge is 2.25. The zero-order chi connectivity index (χ0) is 17.8. The summed E-state index contributed by atoms with van der Waals surface area (Å²) in [4.78, 5) is 8.78. The van der Waals surface area contributed by atoms with Crippen LogP contribution >= 0.6 is 11.6 Å². The van der Waals surface area contributed by atoms with Crippen LogP contribution in [0, 0.1) is 5.92 Å². The van der Waals surface area contributed by atoms with Crippen molar-refractivity contribution in [3.8, 4) is 0 Å². The van der Waals surface area contributed by atoms with Crippen molar-refractivity contribution in [3.63, 3.8) is 0 Å². The van der Waals surface area contributed by atoms with E-state index in [0.29, 0.717) is 11.2 Å². The molecule has 1 N–H and O–H groups in total. The van der Waals surface area contributed by atoms with E-state index in [4.69, 9.17) is 11.6 Å². The molecule has 134 valence electrons. The monoisotopic (exact) mass is 365 g/mol. The van der Waals surface area contributed by atoms with Gasteiger partial charge in [-0.1, -0.05) is 61.7 Å². The van der Waals surface area contributed by atoms with E-state index in [0.717, 1.165) is 29.2 Å². The highest BCUT2D eigenvalue weighted by molar-refractivity contribution is 6.28. The lowest BCUT2D eigenvalue weighted by Crippen LogP contribution is -2.23. The third kappa shape index (κ3) is 3.83. The van der Waals surface area contributed by atoms with Gasteiger partial charge >= 0.3 is 0 Å². The van der Waals surface area contributed by atoms with Crippen molar-refractivity contribution >= 4 is 28.3 Å². The zero-order valence-corrected chi connectivity index (χ0v) is 15.6. The van der Waals surface area contributed by atoms with Gasteiger partial charge in [0.2, 0.25) is 5.28 Å². The molecule has 0 spiro atoms. The maximum Gasteiger partial charge on any atom is 0.224 e. The highest BCUT2D eigenvalue weighted by Crippen LogP contribution is 2.36. The van der Waals surface area contributed by atoms with Crippen LogP contribution in [-0.4, -0.2) is 16.5 Å². The van der Waals surface area contributed by atoms with Gasteiger partial charge < -0.3 is 5.32 Å². The first kappa shape index (κ1) is 17.3. The van der Waals surface area contributed by atoms with Gasteiger partial charge in [-0.3, -0.25) is 0 Å². The van der Waals surface area contributed by atoms with E-state index < -0.39 is 0 Å². The fourth-order valence-electron chi connectivity index (χ4n) is 4.18. The van der Waals surface area contributed by atoms with E-state index in [1.807, 2.05) is 24.3 Å². The number of nitrogens with zero attached hydrogens (tertiary/aromatic N) is 2. The first-order valence-electron chi connectivity index (χ1n) is 9.52. The van der Waals surface area contributed by atoms with Crippen LogP contribution in [0.4, 0.5) is 5.82 Å². The number of benzene rings is 2. The molecule has 1 aliphatic carbocycles. The minimum Gasteiger partial charge on any atom is -0.369 e. The van der Waals surface area contributed by atoms with Gasteiger partial charge in [-0.25, -0.2) is 9.97 Å². The molecule has 1 heterocycles. The Hall–Kier alpha value is -2.13. The minimum absolute atomic E-state index is 0.292. The number of para-hydroxylation sites is 1. The van der Waals surface area contributed by atoms with Gasteiger partial charge in [-0.15, -0.1) is 0 Å². The van der Waals surface area contributed by atoms with Crippen LogP contribution in [0.3, 0.4) is 0 Å². The Morgan fingerprint density at radius 3 is 2.46 bits per heavy atom. The average Bonchev–Trinajstić information content (AvgIpc) is 2.69. The van der Waals surface area contributed by atoms with Gasteiger partial charge in [0.05, 0.1) is 5.52 Å². The predicted octanol–water partition coefficient (Wildman–Crippen LogP) is 6.06. The molecule has 1 saturated carbocycles. The van der Waals surface area contributed by atoms with Crippen LogP contribution in [0.5, 0.6) is 0 Å². The van der Waals surface area contributed by atoms with Gasteiger partial charge in [0.1, 0.15) is 5.82 Å². The number of anilines is 1. The van der Waals surface area contributed by atoms with Gasteiger partial charge in [0.25, 0.3) is 0 Å². The quantitative estimate of drug-likeness (QED) is 0.558. The third-order valence-corrected chi connectivity index (χ3v) is 5.68. The maximum atomic E-state index is 6.14. The summed E-state index contributed by atoms with van der Waals surface area (Å²) in [6.07, 6.45) is 6.68. The molecule has 4 rings (SSSR count). The Bertz CT molecular complexity index is 860. The Morgan fingerprint density at radius 1 is 0.923 bits per heavy atom. The number of nitrogens with one attached hydrogen (secondary N) is 1. The molecule has 4 heteroatoms. The molecule has 3 nitrogen and oxygen atoms in total. The summed E-state index contributed by atoms with van der Waals surface area (Å²) in [7, 11) is 0. The third-order valence-electron chi connectivity index (χ3n) is 5.51. The molecule has 3 aromatic rings. The molecule has 2 aromatic carbocycles. The second-order valence-electron chi connectivity index (χ2n) is 7.15. The molecule has 0 aliphatic heterocycles. The van der Waals surface area contributed by atoms with Crippen LogP contribution < -0.4 is 5.32 Å². The highest BCUT2D eigenvalue weighted by atomic mass is 35.5. The lowest BCUT2D eigenvalue weighted by atomic mass is 9.77. The topological polar surface area (TPSA) is 37.8 Å². The number of halogens is 1. The number of fused-ring (bicyclic) bond motifs is 1. The molecule has 1 unspecified atom stereocenters. The van der Waals surface area contributed by atoms with Crippen molar-refractivity contribution in [1.82, 2.24) is 9.97 Å². The summed E-state index contributed by atoms with van der Waals surface area (Å²) in [5.74, 6) is 2.04. The van der Waals surface area contributed by atoms with Gasteiger partial charge in [0, 0.05) is 17.8 Å². The van der Waals surface area contributed by atoms with Gasteiger partial charge in [0.15, 0.2) is 0 Å². The average molecular weight is 366 g/mol. The molecule has 1 atom stereocenters. The summed E-state index contributed by atoms with van der Waals surface area (Å²) in [5, 5.41) is 4.90. The molecule has 26 heavy (non-hydrogen) atoms. The Kier molecular flexibility index (Phi) is 5.35. The smallest absolute Gasteiger partial charge is 0.224 e. The summed E-state index contributed by atoms with van der Waals surface area (Å²) >= 11 is 6.14. The van der Waals surface area contributed by atoms with Crippen LogP contribution in [-0.2, 0) is 0 Å². The second-order valence-corrected chi connectivity index (χ2v) is 7.49. The normalized spacial score (nSPS) is 16.5. The van der Waals surface area contributed by atoms with Crippen molar-refractivity contribution in [2.24, 2.45) is 5.92 Å². The fraction of sp³-hybridized carbons (Fsp3) is 0.364. The lowest BCUT2D eigenvalue weighted by Gasteiger charge is -2.31. The molecular weight excluding hydrogens is 342 g/mol. The fourth-order valence-corrected chi connectivity index (χ4v) is 4.36. The zero-order valence-electron chi connectivity index (χ0n) is 14.9. The molecule has 1 aromatic heterocycles. The second kappa shape index (κ2) is 8.05. The van der Waals surface area contributed by atoms with Crippen LogP contribution in [0.1, 0.15) is 43.6 Å². The molecule has 0 saturated heterocycles. The SMILES string of the molecule is Clc1nc(NCC(c2ccccc2)C2CCCCC2)c2ccccc2n1. The van der Waals surface area contributed by atoms with Crippen LogP contribution in [0.2, 0.25) is 5.28 Å². The number of hydrogen-bond donors (Lipinski definition) is 1. The summed E-state index contributed by atoms with van der Waals surface area (Å²) in [6.45, 7) is 0.867. The summed E-state index contributed by atoms with van der Waals surface area (Å²) in [5.41, 5.74) is 2.29. The Balaban J connectivity index is 1.60. The van der Waals surface area contributed by atoms with E-state index in [2.05, 4.69) is 45.6 Å². The molecule has 0 bridgehead atoms. The summed E-state index contributed by atoms with van der Waals surface area (Å²) < 4.78 is 0. The van der Waals surface area contributed by atoms with E-state index in [-0.39, 0.29) is 0 Å². The van der Waals surface area contributed by atoms with E-state index >= 15 is 0 Å². The van der Waals surface area contributed by atoms with Crippen molar-refractivity contribution in [2.45, 2.75) is 38.0 Å². The number of aromatic nitrogens is 2. The Labute approximate surface area is 159 Å². The van der Waals surface area contributed by atoms with Crippen molar-refractivity contribution < 1.29 is 0 Å². The van der Waals surface area contributed by atoms with Gasteiger partial charge in [-0.05, 0) is 48.1 Å². The molecule has 1 fully saturated rings. The largest absolute Gasteiger partial charge is 0.369 e. The number of hydrogen-bond acceptors (Lipinski definition) is 3. The summed E-state index contributed by atoms with van der Waals surface area (Å²) in [6, 6.07) is 18.9. The standard InChI is InChI=1S/C22H24ClN3/c23-22-25-20-14-8-7-13-18(20)21(26-22)24-15-19(16-9-3-1-4-10-16)17-11-5-2-6-12-17/h1,3-4,7-10,13-14,17,19H,2,5-6,11-12,15H2,(H,24,25,26). The van der Waals surface area contributed by atoms with E-state index in [9.17, 15) is 0 Å². The molecule has 1 aliphatic rings. The molecular formula is C22H24ClN3. The predicted molar refractivity (Wildman–Crippen MR) is 109 cm³/mol. The Morgan fingerprint density at radius 2 is 1.65 bits per heavy atom. The van der Waals surface area contributed by atoms with Crippen molar-refractivity contribution in [1.29, 1.82) is 0 Å². The first-order chi connectivity index (χ1) is 12.8. The number of rotatable bonds is 5. The van der Waals surface area contributed by atoms with Crippen LogP contribution in [0.15, 0.2) is 54.6 Å². The first-order valence-corrected chi connectivity index (χ1v) is 9.90. The minimum atomic E-state index is 0.292. The molecule has 0 radical (unpaired) electrons. The molecule has 0 amide bonds. The van der Waals surface area contributed by atoms with Crippen LogP contribution in [0.25, 0.3) is 10.9 Å². The van der Waals surface area contributed by atoms with E-state index in [1.165, 1.54) is 37.7 Å².